The third-order valence-corrected chi connectivity index (χ3v) is 8.87. The van der Waals surface area contributed by atoms with E-state index in [1.54, 1.807) is 24.3 Å². The highest BCUT2D eigenvalue weighted by Crippen LogP contribution is 2.45. The highest BCUT2D eigenvalue weighted by atomic mass is 32.2. The first-order valence-corrected chi connectivity index (χ1v) is 15.1. The fourth-order valence-electron chi connectivity index (χ4n) is 4.91. The van der Waals surface area contributed by atoms with E-state index >= 15 is 0 Å². The van der Waals surface area contributed by atoms with Crippen molar-refractivity contribution in [1.82, 2.24) is 0 Å². The van der Waals surface area contributed by atoms with E-state index in [4.69, 9.17) is 6.57 Å². The van der Waals surface area contributed by atoms with E-state index in [2.05, 4.69) is 42.8 Å². The number of allylic oxidation sites excluding steroid dienone is 1. The monoisotopic (exact) mass is 520 g/mol. The van der Waals surface area contributed by atoms with E-state index < -0.39 is 9.84 Å². The molecule has 6 heteroatoms. The molecule has 198 valence electrons. The maximum absolute atomic E-state index is 13.5. The number of sulfone groups is 1. The number of benzene rings is 2. The van der Waals surface area contributed by atoms with Gasteiger partial charge in [-0.3, -0.25) is 0 Å². The Balaban J connectivity index is 1.98. The molecule has 0 aliphatic carbocycles. The molecule has 37 heavy (non-hydrogen) atoms. The summed E-state index contributed by atoms with van der Waals surface area (Å²) in [6.45, 7) is 14.2. The molecule has 0 atom stereocenters. The Labute approximate surface area is 224 Å². The Morgan fingerprint density at radius 3 is 2.22 bits per heavy atom. The zero-order valence-electron chi connectivity index (χ0n) is 22.7. The van der Waals surface area contributed by atoms with Crippen molar-refractivity contribution in [2.75, 3.05) is 18.0 Å². The number of nitrogens with two attached hydrogens (primary N) is 1. The van der Waals surface area contributed by atoms with E-state index in [0.717, 1.165) is 24.2 Å². The van der Waals surface area contributed by atoms with Crippen LogP contribution in [0.3, 0.4) is 0 Å². The molecule has 2 aromatic carbocycles. The van der Waals surface area contributed by atoms with Crippen LogP contribution in [-0.4, -0.2) is 21.5 Å². The molecule has 0 fully saturated rings. The lowest BCUT2D eigenvalue weighted by atomic mass is 10.0. The van der Waals surface area contributed by atoms with Crippen molar-refractivity contribution in [3.05, 3.63) is 81.8 Å². The van der Waals surface area contributed by atoms with Crippen LogP contribution in [0.1, 0.15) is 81.9 Å². The van der Waals surface area contributed by atoms with Gasteiger partial charge < -0.3 is 10.2 Å². The standard InChI is InChI=1S/C31H42N3O2S/c1-6-8-10-14-20-34(21-15-11-9-7-2)26-19-18-25(24(3)22-26)23-29-30(31(32-4)33-5)27-16-12-13-17-28(27)37(29,35)36/h4,12-13,16-19,22-23H,5-11,14-15,20-21,33H2,1-3H3/q+1. The number of hydrogen-bond acceptors (Lipinski definition) is 3. The normalized spacial score (nSPS) is 16.5. The van der Waals surface area contributed by atoms with Gasteiger partial charge in [0.15, 0.2) is 5.57 Å². The summed E-state index contributed by atoms with van der Waals surface area (Å²) < 4.78 is 27.1. The van der Waals surface area contributed by atoms with E-state index in [-0.39, 0.29) is 9.80 Å². The summed E-state index contributed by atoms with van der Waals surface area (Å²) in [6, 6.07) is 13.3. The summed E-state index contributed by atoms with van der Waals surface area (Å²) in [5.41, 5.74) is 4.21. The third-order valence-electron chi connectivity index (χ3n) is 7.04. The summed E-state index contributed by atoms with van der Waals surface area (Å²) in [5.74, 6) is 0.361. The zero-order valence-corrected chi connectivity index (χ0v) is 23.5. The van der Waals surface area contributed by atoms with E-state index in [9.17, 15) is 8.42 Å². The average Bonchev–Trinajstić information content (AvgIpc) is 3.11. The molecule has 1 heterocycles. The number of rotatable bonds is 13. The lowest BCUT2D eigenvalue weighted by molar-refractivity contribution is -0.537. The molecule has 0 unspecified atom stereocenters. The molecule has 0 spiro atoms. The van der Waals surface area contributed by atoms with Crippen LogP contribution < -0.4 is 10.2 Å². The molecule has 0 saturated carbocycles. The minimum atomic E-state index is -3.71. The van der Waals surface area contributed by atoms with Crippen molar-refractivity contribution in [3.8, 4) is 6.57 Å². The van der Waals surface area contributed by atoms with Crippen molar-refractivity contribution in [2.45, 2.75) is 77.0 Å². The first-order chi connectivity index (χ1) is 17.9. The Morgan fingerprint density at radius 2 is 1.65 bits per heavy atom. The zero-order chi connectivity index (χ0) is 26.8. The molecule has 3 rings (SSSR count). The van der Waals surface area contributed by atoms with Gasteiger partial charge in [-0.1, -0.05) is 76.6 Å². The Hall–Kier alpha value is -2.88. The van der Waals surface area contributed by atoms with Gasteiger partial charge >= 0.3 is 5.82 Å². The SMILES string of the molecule is C#[N+]C([NH2+][CH2-])=C1C(=Cc2ccc(N(CCCCCC)CCCCCC)cc2C)S(=O)(=O)c2ccccc21. The number of unbranched alkanes of at least 4 members (excludes halogenated alkanes) is 6. The van der Waals surface area contributed by atoms with Crippen molar-refractivity contribution in [3.63, 3.8) is 0 Å². The molecular formula is C31H42N3O2S+. The molecule has 0 saturated heterocycles. The fourth-order valence-corrected chi connectivity index (χ4v) is 6.63. The van der Waals surface area contributed by atoms with Gasteiger partial charge in [0.25, 0.3) is 6.57 Å². The van der Waals surface area contributed by atoms with Crippen molar-refractivity contribution in [2.24, 2.45) is 0 Å². The van der Waals surface area contributed by atoms with Crippen LogP contribution in [0.5, 0.6) is 0 Å². The number of aryl methyl sites for hydroxylation is 1. The van der Waals surface area contributed by atoms with E-state index in [0.29, 0.717) is 17.0 Å². The second kappa shape index (κ2) is 13.6. The smallest absolute Gasteiger partial charge is 0.373 e. The van der Waals surface area contributed by atoms with Crippen LogP contribution in [-0.2, 0) is 9.84 Å². The quantitative estimate of drug-likeness (QED) is 0.234. The predicted molar refractivity (Wildman–Crippen MR) is 156 cm³/mol. The minimum absolute atomic E-state index is 0.213. The molecule has 2 aromatic rings. The number of nitrogens with zero attached hydrogens (tertiary/aromatic N) is 2. The van der Waals surface area contributed by atoms with Crippen molar-refractivity contribution >= 4 is 27.2 Å². The number of fused-ring (bicyclic) bond motifs is 1. The third kappa shape index (κ3) is 6.71. The van der Waals surface area contributed by atoms with Crippen molar-refractivity contribution in [1.29, 1.82) is 0 Å². The number of hydrogen-bond donors (Lipinski definition) is 1. The second-order valence-corrected chi connectivity index (χ2v) is 11.6. The Bertz CT molecular complexity index is 1270. The van der Waals surface area contributed by atoms with Gasteiger partial charge in [-0.15, -0.1) is 7.05 Å². The number of quaternary nitrogens is 1. The fraction of sp³-hybridized carbons (Fsp3) is 0.419. The van der Waals surface area contributed by atoms with E-state index in [1.807, 2.05) is 19.1 Å². The van der Waals surface area contributed by atoms with Gasteiger partial charge in [-0.05, 0) is 55.2 Å². The van der Waals surface area contributed by atoms with Gasteiger partial charge in [0.1, 0.15) is 0 Å². The van der Waals surface area contributed by atoms with Gasteiger partial charge in [-0.2, -0.15) is 0 Å². The first-order valence-electron chi connectivity index (χ1n) is 13.6. The van der Waals surface area contributed by atoms with Crippen LogP contribution in [0.2, 0.25) is 0 Å². The van der Waals surface area contributed by atoms with Gasteiger partial charge in [0.05, 0.1) is 9.80 Å². The molecule has 0 amide bonds. The molecule has 0 aromatic heterocycles. The largest absolute Gasteiger partial charge is 0.475 e. The molecular weight excluding hydrogens is 478 g/mol. The van der Waals surface area contributed by atoms with Gasteiger partial charge in [0.2, 0.25) is 9.84 Å². The van der Waals surface area contributed by atoms with Gasteiger partial charge in [0, 0.05) is 29.2 Å². The summed E-state index contributed by atoms with van der Waals surface area (Å²) in [7, 11) is 0.0922. The molecule has 0 radical (unpaired) electrons. The van der Waals surface area contributed by atoms with Crippen LogP contribution >= 0.6 is 0 Å². The number of anilines is 1. The van der Waals surface area contributed by atoms with E-state index in [1.165, 1.54) is 62.4 Å². The van der Waals surface area contributed by atoms with Gasteiger partial charge in [-0.25, -0.2) is 8.42 Å². The second-order valence-electron chi connectivity index (χ2n) is 9.75. The Morgan fingerprint density at radius 1 is 1.00 bits per heavy atom. The highest BCUT2D eigenvalue weighted by Gasteiger charge is 2.42. The Kier molecular flexibility index (Phi) is 10.5. The average molecular weight is 521 g/mol. The van der Waals surface area contributed by atoms with Crippen molar-refractivity contribution < 1.29 is 13.7 Å². The molecule has 1 aliphatic rings. The summed E-state index contributed by atoms with van der Waals surface area (Å²) in [6.07, 6.45) is 11.6. The molecule has 1 aliphatic heterocycles. The lowest BCUT2D eigenvalue weighted by Gasteiger charge is -2.26. The van der Waals surface area contributed by atoms with Crippen LogP contribution in [0.15, 0.2) is 58.1 Å². The van der Waals surface area contributed by atoms with Crippen LogP contribution in [0.25, 0.3) is 16.5 Å². The molecule has 2 N–H and O–H groups in total. The highest BCUT2D eigenvalue weighted by molar-refractivity contribution is 7.96. The first kappa shape index (κ1) is 28.7. The van der Waals surface area contributed by atoms with Crippen LogP contribution in [0, 0.1) is 20.5 Å². The maximum atomic E-state index is 13.5. The van der Waals surface area contributed by atoms with Crippen LogP contribution in [0.4, 0.5) is 5.69 Å². The minimum Gasteiger partial charge on any atom is -0.373 e. The lowest BCUT2D eigenvalue weighted by Crippen LogP contribution is -2.74. The maximum Gasteiger partial charge on any atom is 0.475 e. The summed E-state index contributed by atoms with van der Waals surface area (Å²) in [5, 5.41) is 1.51. The summed E-state index contributed by atoms with van der Waals surface area (Å²) in [4.78, 5) is 6.82. The molecule has 5 nitrogen and oxygen atoms in total. The predicted octanol–water partition coefficient (Wildman–Crippen LogP) is 6.78. The topological polar surface area (TPSA) is 58.4 Å². The summed E-state index contributed by atoms with van der Waals surface area (Å²) >= 11 is 0. The molecule has 0 bridgehead atoms.